The van der Waals surface area contributed by atoms with Crippen molar-refractivity contribution in [2.75, 3.05) is 33.2 Å². The quantitative estimate of drug-likeness (QED) is 0.787. The van der Waals surface area contributed by atoms with Crippen LogP contribution >= 0.6 is 0 Å². The Morgan fingerprint density at radius 2 is 1.64 bits per heavy atom. The zero-order chi connectivity index (χ0) is 18.0. The van der Waals surface area contributed by atoms with E-state index in [1.54, 1.807) is 12.1 Å². The van der Waals surface area contributed by atoms with Gasteiger partial charge >= 0.3 is 10.1 Å². The molecule has 0 fully saturated rings. The first-order valence-corrected chi connectivity index (χ1v) is 9.00. The number of methoxy groups -OCH3 is 3. The van der Waals surface area contributed by atoms with Crippen molar-refractivity contribution in [2.45, 2.75) is 11.3 Å². The SMILES string of the molecule is COc1cc(S(=O)(=O)Oc2ccc3c(c2)CCN3)cc(OC)c1OC. The van der Waals surface area contributed by atoms with Crippen molar-refractivity contribution in [1.82, 2.24) is 0 Å². The first-order chi connectivity index (χ1) is 12.0. The molecule has 1 heterocycles. The van der Waals surface area contributed by atoms with Crippen LogP contribution < -0.4 is 23.7 Å². The number of anilines is 1. The minimum absolute atomic E-state index is 0.0828. The fourth-order valence-electron chi connectivity index (χ4n) is 2.71. The van der Waals surface area contributed by atoms with Crippen molar-refractivity contribution < 1.29 is 26.8 Å². The van der Waals surface area contributed by atoms with E-state index in [1.165, 1.54) is 33.5 Å². The number of benzene rings is 2. The molecule has 0 spiro atoms. The Morgan fingerprint density at radius 1 is 0.960 bits per heavy atom. The first kappa shape index (κ1) is 17.2. The van der Waals surface area contributed by atoms with Crippen molar-refractivity contribution in [3.05, 3.63) is 35.9 Å². The molecule has 7 nitrogen and oxygen atoms in total. The fraction of sp³-hybridized carbons (Fsp3) is 0.294. The van der Waals surface area contributed by atoms with Crippen molar-refractivity contribution in [2.24, 2.45) is 0 Å². The summed E-state index contributed by atoms with van der Waals surface area (Å²) < 4.78 is 46.2. The van der Waals surface area contributed by atoms with Crippen molar-refractivity contribution in [3.63, 3.8) is 0 Å². The Bertz CT molecular complexity index is 869. The molecule has 0 saturated carbocycles. The average Bonchev–Trinajstić information content (AvgIpc) is 3.07. The van der Waals surface area contributed by atoms with E-state index in [2.05, 4.69) is 5.32 Å². The average molecular weight is 365 g/mol. The molecule has 0 atom stereocenters. The number of rotatable bonds is 6. The van der Waals surface area contributed by atoms with Crippen LogP contribution in [0.5, 0.6) is 23.0 Å². The van der Waals surface area contributed by atoms with Gasteiger partial charge in [0.2, 0.25) is 5.75 Å². The normalized spacial score (nSPS) is 12.9. The number of fused-ring (bicyclic) bond motifs is 1. The molecule has 0 aliphatic carbocycles. The summed E-state index contributed by atoms with van der Waals surface area (Å²) in [5.41, 5.74) is 2.02. The van der Waals surface area contributed by atoms with E-state index in [0.717, 1.165) is 24.2 Å². The van der Waals surface area contributed by atoms with Gasteiger partial charge in [0.15, 0.2) is 11.5 Å². The fourth-order valence-corrected chi connectivity index (χ4v) is 3.67. The Labute approximate surface area is 146 Å². The third kappa shape index (κ3) is 3.30. The molecule has 8 heteroatoms. The second-order valence-electron chi connectivity index (χ2n) is 5.39. The summed E-state index contributed by atoms with van der Waals surface area (Å²) in [7, 11) is 0.229. The van der Waals surface area contributed by atoms with E-state index in [9.17, 15) is 8.42 Å². The molecule has 0 radical (unpaired) electrons. The van der Waals surface area contributed by atoms with Crippen LogP contribution in [-0.4, -0.2) is 36.3 Å². The molecule has 0 aromatic heterocycles. The van der Waals surface area contributed by atoms with Crippen LogP contribution in [0.3, 0.4) is 0 Å². The lowest BCUT2D eigenvalue weighted by molar-refractivity contribution is 0.322. The predicted molar refractivity (Wildman–Crippen MR) is 92.5 cm³/mol. The smallest absolute Gasteiger partial charge is 0.339 e. The highest BCUT2D eigenvalue weighted by atomic mass is 32.2. The molecule has 1 N–H and O–H groups in total. The van der Waals surface area contributed by atoms with Crippen LogP contribution in [-0.2, 0) is 16.5 Å². The van der Waals surface area contributed by atoms with Crippen LogP contribution in [0.2, 0.25) is 0 Å². The summed E-state index contributed by atoms with van der Waals surface area (Å²) in [5, 5.41) is 3.21. The lowest BCUT2D eigenvalue weighted by Gasteiger charge is -2.14. The number of hydrogen-bond acceptors (Lipinski definition) is 7. The van der Waals surface area contributed by atoms with Gasteiger partial charge in [-0.05, 0) is 30.2 Å². The van der Waals surface area contributed by atoms with Gasteiger partial charge in [-0.2, -0.15) is 8.42 Å². The number of nitrogens with one attached hydrogen (secondary N) is 1. The van der Waals surface area contributed by atoms with E-state index < -0.39 is 10.1 Å². The summed E-state index contributed by atoms with van der Waals surface area (Å²) in [5.74, 6) is 1.05. The van der Waals surface area contributed by atoms with Crippen molar-refractivity contribution >= 4 is 15.8 Å². The molecular weight excluding hydrogens is 346 g/mol. The zero-order valence-electron chi connectivity index (χ0n) is 14.2. The lowest BCUT2D eigenvalue weighted by Crippen LogP contribution is -2.11. The van der Waals surface area contributed by atoms with Gasteiger partial charge in [0.1, 0.15) is 10.6 Å². The van der Waals surface area contributed by atoms with Crippen LogP contribution in [0.1, 0.15) is 5.56 Å². The molecule has 2 aromatic rings. The standard InChI is InChI=1S/C17H19NO6S/c1-21-15-9-13(10-16(22-2)17(15)23-3)25(19,20)24-12-4-5-14-11(8-12)6-7-18-14/h4-5,8-10,18H,6-7H2,1-3H3. The van der Waals surface area contributed by atoms with Crippen LogP contribution in [0.25, 0.3) is 0 Å². The Hall–Kier alpha value is -2.61. The van der Waals surface area contributed by atoms with Gasteiger partial charge in [-0.25, -0.2) is 0 Å². The molecule has 25 heavy (non-hydrogen) atoms. The van der Waals surface area contributed by atoms with Gasteiger partial charge in [-0.1, -0.05) is 0 Å². The van der Waals surface area contributed by atoms with Gasteiger partial charge in [-0.3, -0.25) is 0 Å². The van der Waals surface area contributed by atoms with Crippen molar-refractivity contribution in [1.29, 1.82) is 0 Å². The highest BCUT2D eigenvalue weighted by Crippen LogP contribution is 2.40. The molecule has 2 aromatic carbocycles. The molecule has 0 bridgehead atoms. The van der Waals surface area contributed by atoms with Gasteiger partial charge in [-0.15, -0.1) is 0 Å². The van der Waals surface area contributed by atoms with Crippen LogP contribution in [0.4, 0.5) is 5.69 Å². The maximum absolute atomic E-state index is 12.6. The Kier molecular flexibility index (Phi) is 4.63. The van der Waals surface area contributed by atoms with E-state index in [1.807, 2.05) is 6.07 Å². The van der Waals surface area contributed by atoms with Crippen molar-refractivity contribution in [3.8, 4) is 23.0 Å². The monoisotopic (exact) mass is 365 g/mol. The third-order valence-electron chi connectivity index (χ3n) is 3.92. The summed E-state index contributed by atoms with van der Waals surface area (Å²) >= 11 is 0. The molecule has 1 aliphatic rings. The topological polar surface area (TPSA) is 83.1 Å². The molecule has 3 rings (SSSR count). The van der Waals surface area contributed by atoms with E-state index in [0.29, 0.717) is 5.75 Å². The molecular formula is C17H19NO6S. The second-order valence-corrected chi connectivity index (χ2v) is 6.94. The van der Waals surface area contributed by atoms with E-state index >= 15 is 0 Å². The zero-order valence-corrected chi connectivity index (χ0v) is 15.0. The maximum Gasteiger partial charge on any atom is 0.339 e. The van der Waals surface area contributed by atoms with Crippen LogP contribution in [0.15, 0.2) is 35.2 Å². The van der Waals surface area contributed by atoms with Gasteiger partial charge in [0.05, 0.1) is 21.3 Å². The van der Waals surface area contributed by atoms with Crippen LogP contribution in [0, 0.1) is 0 Å². The highest BCUT2D eigenvalue weighted by molar-refractivity contribution is 7.87. The van der Waals surface area contributed by atoms with E-state index in [-0.39, 0.29) is 22.1 Å². The second kappa shape index (κ2) is 6.72. The van der Waals surface area contributed by atoms with Gasteiger partial charge in [0.25, 0.3) is 0 Å². The maximum atomic E-state index is 12.6. The summed E-state index contributed by atoms with van der Waals surface area (Å²) in [4.78, 5) is -0.0828. The minimum Gasteiger partial charge on any atom is -0.493 e. The molecule has 1 aliphatic heterocycles. The minimum atomic E-state index is -4.06. The largest absolute Gasteiger partial charge is 0.493 e. The summed E-state index contributed by atoms with van der Waals surface area (Å²) in [6, 6.07) is 7.83. The number of ether oxygens (including phenoxy) is 3. The lowest BCUT2D eigenvalue weighted by atomic mass is 10.1. The summed E-state index contributed by atoms with van der Waals surface area (Å²) in [6.45, 7) is 0.832. The third-order valence-corrected chi connectivity index (χ3v) is 5.14. The number of hydrogen-bond donors (Lipinski definition) is 1. The molecule has 0 amide bonds. The molecule has 0 unspecified atom stereocenters. The first-order valence-electron chi connectivity index (χ1n) is 7.60. The molecule has 134 valence electrons. The highest BCUT2D eigenvalue weighted by Gasteiger charge is 2.23. The van der Waals surface area contributed by atoms with E-state index in [4.69, 9.17) is 18.4 Å². The van der Waals surface area contributed by atoms with Gasteiger partial charge < -0.3 is 23.7 Å². The van der Waals surface area contributed by atoms with Gasteiger partial charge in [0, 0.05) is 24.4 Å². The summed E-state index contributed by atoms with van der Waals surface area (Å²) in [6.07, 6.45) is 0.830. The molecule has 0 saturated heterocycles. The Balaban J connectivity index is 1.97. The predicted octanol–water partition coefficient (Wildman–Crippen LogP) is 2.45. The Morgan fingerprint density at radius 3 is 2.24 bits per heavy atom.